The van der Waals surface area contributed by atoms with E-state index >= 15 is 0 Å². The summed E-state index contributed by atoms with van der Waals surface area (Å²) in [5.41, 5.74) is 0.324. The lowest BCUT2D eigenvalue weighted by Crippen LogP contribution is -2.37. The molecule has 0 aliphatic carbocycles. The highest BCUT2D eigenvalue weighted by Gasteiger charge is 2.23. The molecule has 0 spiro atoms. The largest absolute Gasteiger partial charge is 0.332 e. The van der Waals surface area contributed by atoms with Crippen LogP contribution in [0.5, 0.6) is 0 Å². The molecule has 3 heterocycles. The van der Waals surface area contributed by atoms with E-state index in [0.717, 1.165) is 24.1 Å². The molecule has 29 heavy (non-hydrogen) atoms. The summed E-state index contributed by atoms with van der Waals surface area (Å²) in [6.45, 7) is 4.90. The number of rotatable bonds is 4. The van der Waals surface area contributed by atoms with E-state index in [1.807, 2.05) is 0 Å². The number of hydrogen-bond donors (Lipinski definition) is 0. The van der Waals surface area contributed by atoms with E-state index in [9.17, 15) is 14.0 Å². The number of halogens is 1. The molecule has 8 heteroatoms. The summed E-state index contributed by atoms with van der Waals surface area (Å²) < 4.78 is 18.6. The summed E-state index contributed by atoms with van der Waals surface area (Å²) in [7, 11) is 3.06. The first kappa shape index (κ1) is 19.6. The predicted molar refractivity (Wildman–Crippen MR) is 109 cm³/mol. The molecule has 7 nitrogen and oxygen atoms in total. The lowest BCUT2D eigenvalue weighted by atomic mass is 10.0. The number of hydrogen-bond acceptors (Lipinski definition) is 4. The van der Waals surface area contributed by atoms with E-state index in [0.29, 0.717) is 35.0 Å². The number of fused-ring (bicyclic) bond motifs is 1. The zero-order valence-corrected chi connectivity index (χ0v) is 17.1. The van der Waals surface area contributed by atoms with Crippen LogP contribution in [-0.4, -0.2) is 36.7 Å². The van der Waals surface area contributed by atoms with Gasteiger partial charge in [0.05, 0.1) is 13.1 Å². The molecule has 0 bridgehead atoms. The van der Waals surface area contributed by atoms with E-state index in [-0.39, 0.29) is 12.4 Å². The lowest BCUT2D eigenvalue weighted by Gasteiger charge is -2.30. The number of nitrogens with zero attached hydrogens (tertiary/aromatic N) is 5. The van der Waals surface area contributed by atoms with Gasteiger partial charge in [-0.25, -0.2) is 14.2 Å². The lowest BCUT2D eigenvalue weighted by molar-refractivity contribution is 0.171. The van der Waals surface area contributed by atoms with Crippen LogP contribution in [0.3, 0.4) is 0 Å². The van der Waals surface area contributed by atoms with Crippen LogP contribution in [0, 0.1) is 11.7 Å². The third-order valence-corrected chi connectivity index (χ3v) is 5.82. The molecule has 2 aromatic heterocycles. The first-order valence-electron chi connectivity index (χ1n) is 9.97. The van der Waals surface area contributed by atoms with Crippen molar-refractivity contribution in [2.45, 2.75) is 32.9 Å². The normalized spacial score (nSPS) is 17.9. The zero-order valence-electron chi connectivity index (χ0n) is 17.1. The molecule has 1 atom stereocenters. The topological polar surface area (TPSA) is 65.1 Å². The average Bonchev–Trinajstić information content (AvgIpc) is 3.04. The van der Waals surface area contributed by atoms with Crippen molar-refractivity contribution in [2.75, 3.05) is 13.1 Å². The Morgan fingerprint density at radius 3 is 2.62 bits per heavy atom. The maximum atomic E-state index is 14.4. The predicted octanol–water partition coefficient (Wildman–Crippen LogP) is 1.85. The minimum atomic E-state index is -0.420. The second-order valence-electron chi connectivity index (χ2n) is 8.07. The van der Waals surface area contributed by atoms with E-state index in [4.69, 9.17) is 0 Å². The smallest absolute Gasteiger partial charge is 0.316 e. The fraction of sp³-hybridized carbons (Fsp3) is 0.476. The fourth-order valence-electron chi connectivity index (χ4n) is 4.21. The van der Waals surface area contributed by atoms with Crippen molar-refractivity contribution in [3.05, 3.63) is 62.3 Å². The van der Waals surface area contributed by atoms with Crippen LogP contribution in [-0.2, 0) is 27.2 Å². The Balaban J connectivity index is 1.88. The Kier molecular flexibility index (Phi) is 5.12. The summed E-state index contributed by atoms with van der Waals surface area (Å²) in [4.78, 5) is 32.3. The number of likely N-dealkylation sites (tertiary alicyclic amines) is 1. The molecule has 1 saturated heterocycles. The minimum Gasteiger partial charge on any atom is -0.316 e. The van der Waals surface area contributed by atoms with Gasteiger partial charge in [-0.05, 0) is 31.4 Å². The van der Waals surface area contributed by atoms with Crippen molar-refractivity contribution in [3.8, 4) is 0 Å². The Morgan fingerprint density at radius 1 is 1.14 bits per heavy atom. The van der Waals surface area contributed by atoms with Gasteiger partial charge in [0.1, 0.15) is 11.6 Å². The van der Waals surface area contributed by atoms with Gasteiger partial charge >= 0.3 is 5.69 Å². The Hall–Kier alpha value is -2.74. The van der Waals surface area contributed by atoms with Crippen molar-refractivity contribution >= 4 is 11.2 Å². The van der Waals surface area contributed by atoms with Crippen LogP contribution in [0.25, 0.3) is 11.2 Å². The monoisotopic (exact) mass is 399 g/mol. The van der Waals surface area contributed by atoms with Crippen LogP contribution in [0.1, 0.15) is 31.2 Å². The number of aryl methyl sites for hydroxylation is 1. The zero-order chi connectivity index (χ0) is 20.7. The fourth-order valence-corrected chi connectivity index (χ4v) is 4.21. The first-order chi connectivity index (χ1) is 13.9. The van der Waals surface area contributed by atoms with Gasteiger partial charge in [0, 0.05) is 26.2 Å². The molecular weight excluding hydrogens is 373 g/mol. The van der Waals surface area contributed by atoms with E-state index in [1.165, 1.54) is 24.1 Å². The summed E-state index contributed by atoms with van der Waals surface area (Å²) in [5.74, 6) is 0.953. The highest BCUT2D eigenvalue weighted by Crippen LogP contribution is 2.21. The molecule has 0 amide bonds. The van der Waals surface area contributed by atoms with E-state index < -0.39 is 11.2 Å². The van der Waals surface area contributed by atoms with Gasteiger partial charge in [0.25, 0.3) is 5.56 Å². The Bertz CT molecular complexity index is 1180. The molecule has 3 aromatic rings. The Morgan fingerprint density at radius 2 is 1.90 bits per heavy atom. The van der Waals surface area contributed by atoms with Gasteiger partial charge < -0.3 is 4.57 Å². The molecular formula is C21H26FN5O2. The third kappa shape index (κ3) is 3.53. The van der Waals surface area contributed by atoms with Gasteiger partial charge in [-0.15, -0.1) is 0 Å². The number of benzene rings is 1. The molecule has 0 saturated carbocycles. The highest BCUT2D eigenvalue weighted by molar-refractivity contribution is 5.71. The highest BCUT2D eigenvalue weighted by atomic mass is 19.1. The summed E-state index contributed by atoms with van der Waals surface area (Å²) in [6, 6.07) is 6.54. The maximum Gasteiger partial charge on any atom is 0.332 e. The number of piperidine rings is 1. The summed E-state index contributed by atoms with van der Waals surface area (Å²) >= 11 is 0. The summed E-state index contributed by atoms with van der Waals surface area (Å²) in [6.07, 6.45) is 2.33. The average molecular weight is 399 g/mol. The third-order valence-electron chi connectivity index (χ3n) is 5.82. The van der Waals surface area contributed by atoms with Crippen molar-refractivity contribution in [3.63, 3.8) is 0 Å². The molecule has 0 unspecified atom stereocenters. The Labute approximate surface area is 168 Å². The van der Waals surface area contributed by atoms with Gasteiger partial charge in [0.2, 0.25) is 0 Å². The van der Waals surface area contributed by atoms with Gasteiger partial charge in [-0.3, -0.25) is 18.8 Å². The van der Waals surface area contributed by atoms with Crippen molar-refractivity contribution < 1.29 is 4.39 Å². The van der Waals surface area contributed by atoms with E-state index in [2.05, 4.69) is 16.8 Å². The van der Waals surface area contributed by atoms with Crippen LogP contribution in [0.2, 0.25) is 0 Å². The molecule has 1 aromatic carbocycles. The van der Waals surface area contributed by atoms with Crippen LogP contribution >= 0.6 is 0 Å². The van der Waals surface area contributed by atoms with Gasteiger partial charge in [-0.2, -0.15) is 0 Å². The molecule has 1 fully saturated rings. The number of imidazole rings is 1. The van der Waals surface area contributed by atoms with Gasteiger partial charge in [-0.1, -0.05) is 25.1 Å². The second kappa shape index (κ2) is 7.59. The SMILES string of the molecule is C[C@@H]1CCCN(Cc2nc3c(c(=O)n(C)c(=O)n3C)n2Cc2ccccc2F)C1. The summed E-state index contributed by atoms with van der Waals surface area (Å²) in [5, 5.41) is 0. The second-order valence-corrected chi connectivity index (χ2v) is 8.07. The van der Waals surface area contributed by atoms with Crippen molar-refractivity contribution in [2.24, 2.45) is 20.0 Å². The van der Waals surface area contributed by atoms with Gasteiger partial charge in [0.15, 0.2) is 11.2 Å². The molecule has 0 N–H and O–H groups in total. The van der Waals surface area contributed by atoms with Crippen LogP contribution in [0.15, 0.2) is 33.9 Å². The molecule has 4 rings (SSSR count). The van der Waals surface area contributed by atoms with Crippen LogP contribution < -0.4 is 11.2 Å². The minimum absolute atomic E-state index is 0.190. The van der Waals surface area contributed by atoms with Crippen molar-refractivity contribution in [1.82, 2.24) is 23.6 Å². The maximum absolute atomic E-state index is 14.4. The molecule has 154 valence electrons. The molecule has 1 aliphatic rings. The van der Waals surface area contributed by atoms with Crippen LogP contribution in [0.4, 0.5) is 4.39 Å². The molecule has 1 aliphatic heterocycles. The first-order valence-corrected chi connectivity index (χ1v) is 9.97. The van der Waals surface area contributed by atoms with E-state index in [1.54, 1.807) is 29.8 Å². The quantitative estimate of drug-likeness (QED) is 0.672. The van der Waals surface area contributed by atoms with Crippen molar-refractivity contribution in [1.29, 1.82) is 0 Å². The number of aromatic nitrogens is 4. The standard InChI is InChI=1S/C21H26FN5O2/c1-14-7-6-10-26(11-14)13-17-23-19-18(20(28)25(3)21(29)24(19)2)27(17)12-15-8-4-5-9-16(15)22/h4-5,8-9,14H,6-7,10-13H2,1-3H3/t14-/m1/s1. The molecule has 0 radical (unpaired) electrons.